The molecule has 5 unspecified atom stereocenters. The van der Waals surface area contributed by atoms with E-state index in [1.807, 2.05) is 0 Å². The standard InChI is InChI=1S/C14H23NO2/c1-9-6-15(8-13(9)14(16)17)7-12-5-10-2-3-11(12)4-10/h9-13H,2-8H2,1H3,(H,16,17). The van der Waals surface area contributed by atoms with E-state index in [9.17, 15) is 4.79 Å². The van der Waals surface area contributed by atoms with Gasteiger partial charge in [0.2, 0.25) is 0 Å². The molecule has 1 heterocycles. The normalized spacial score (nSPS) is 45.6. The van der Waals surface area contributed by atoms with Gasteiger partial charge in [0.05, 0.1) is 5.92 Å². The maximum Gasteiger partial charge on any atom is 0.308 e. The monoisotopic (exact) mass is 237 g/mol. The highest BCUT2D eigenvalue weighted by atomic mass is 16.4. The van der Waals surface area contributed by atoms with Crippen molar-refractivity contribution in [1.82, 2.24) is 4.90 Å². The van der Waals surface area contributed by atoms with E-state index in [1.54, 1.807) is 0 Å². The molecule has 0 aromatic heterocycles. The van der Waals surface area contributed by atoms with Gasteiger partial charge >= 0.3 is 5.97 Å². The van der Waals surface area contributed by atoms with Crippen LogP contribution >= 0.6 is 0 Å². The summed E-state index contributed by atoms with van der Waals surface area (Å²) in [7, 11) is 0. The molecule has 2 saturated carbocycles. The lowest BCUT2D eigenvalue weighted by molar-refractivity contribution is -0.142. The molecule has 1 aliphatic heterocycles. The third-order valence-electron chi connectivity index (χ3n) is 5.38. The van der Waals surface area contributed by atoms with Crippen LogP contribution in [-0.2, 0) is 4.79 Å². The zero-order valence-electron chi connectivity index (χ0n) is 10.6. The summed E-state index contributed by atoms with van der Waals surface area (Å²) < 4.78 is 0. The lowest BCUT2D eigenvalue weighted by Gasteiger charge is -2.26. The van der Waals surface area contributed by atoms with Gasteiger partial charge < -0.3 is 10.0 Å². The topological polar surface area (TPSA) is 40.5 Å². The lowest BCUT2D eigenvalue weighted by Crippen LogP contribution is -2.31. The van der Waals surface area contributed by atoms with Crippen LogP contribution in [0.25, 0.3) is 0 Å². The van der Waals surface area contributed by atoms with Crippen LogP contribution in [0.2, 0.25) is 0 Å². The van der Waals surface area contributed by atoms with Crippen molar-refractivity contribution in [2.24, 2.45) is 29.6 Å². The number of hydrogen-bond donors (Lipinski definition) is 1. The Morgan fingerprint density at radius 1 is 1.29 bits per heavy atom. The van der Waals surface area contributed by atoms with Crippen molar-refractivity contribution in [3.8, 4) is 0 Å². The molecule has 3 heteroatoms. The highest BCUT2D eigenvalue weighted by Gasteiger charge is 2.42. The van der Waals surface area contributed by atoms with Crippen LogP contribution in [0.1, 0.15) is 32.6 Å². The second-order valence-corrected chi connectivity index (χ2v) is 6.58. The SMILES string of the molecule is CC1CN(CC2CC3CCC2C3)CC1C(=O)O. The van der Waals surface area contributed by atoms with E-state index < -0.39 is 5.97 Å². The van der Waals surface area contributed by atoms with E-state index in [-0.39, 0.29) is 5.92 Å². The molecule has 3 fully saturated rings. The first-order chi connectivity index (χ1) is 8.13. The first-order valence-electron chi connectivity index (χ1n) is 7.08. The van der Waals surface area contributed by atoms with Gasteiger partial charge in [-0.3, -0.25) is 4.79 Å². The molecule has 3 nitrogen and oxygen atoms in total. The molecule has 1 N–H and O–H groups in total. The summed E-state index contributed by atoms with van der Waals surface area (Å²) in [6.45, 7) is 5.02. The summed E-state index contributed by atoms with van der Waals surface area (Å²) in [4.78, 5) is 13.5. The second kappa shape index (κ2) is 4.27. The van der Waals surface area contributed by atoms with Crippen molar-refractivity contribution < 1.29 is 9.90 Å². The van der Waals surface area contributed by atoms with Crippen LogP contribution in [0, 0.1) is 29.6 Å². The molecule has 0 radical (unpaired) electrons. The van der Waals surface area contributed by atoms with Crippen molar-refractivity contribution in [1.29, 1.82) is 0 Å². The number of aliphatic carboxylic acids is 1. The largest absolute Gasteiger partial charge is 0.481 e. The smallest absolute Gasteiger partial charge is 0.308 e. The second-order valence-electron chi connectivity index (χ2n) is 6.58. The summed E-state index contributed by atoms with van der Waals surface area (Å²) in [6.07, 6.45) is 5.75. The van der Waals surface area contributed by atoms with Gasteiger partial charge in [0.1, 0.15) is 0 Å². The molecular formula is C14H23NO2. The lowest BCUT2D eigenvalue weighted by atomic mass is 9.88. The van der Waals surface area contributed by atoms with Crippen molar-refractivity contribution in [2.75, 3.05) is 19.6 Å². The Labute approximate surface area is 103 Å². The van der Waals surface area contributed by atoms with E-state index in [0.717, 1.165) is 37.4 Å². The number of carboxylic acids is 1. The Morgan fingerprint density at radius 3 is 2.65 bits per heavy atom. The summed E-state index contributed by atoms with van der Waals surface area (Å²) in [6, 6.07) is 0. The Balaban J connectivity index is 1.55. The molecule has 0 aromatic carbocycles. The van der Waals surface area contributed by atoms with E-state index >= 15 is 0 Å². The first-order valence-corrected chi connectivity index (χ1v) is 7.08. The van der Waals surface area contributed by atoms with Crippen molar-refractivity contribution >= 4 is 5.97 Å². The number of likely N-dealkylation sites (tertiary alicyclic amines) is 1. The van der Waals surface area contributed by atoms with Gasteiger partial charge in [-0.05, 0) is 42.9 Å². The van der Waals surface area contributed by atoms with Gasteiger partial charge in [0.15, 0.2) is 0 Å². The Bertz CT molecular complexity index is 317. The Kier molecular flexibility index (Phi) is 2.89. The molecule has 96 valence electrons. The minimum Gasteiger partial charge on any atom is -0.481 e. The highest BCUT2D eigenvalue weighted by Crippen LogP contribution is 2.48. The average molecular weight is 237 g/mol. The van der Waals surface area contributed by atoms with Crippen LogP contribution in [0.5, 0.6) is 0 Å². The molecule has 17 heavy (non-hydrogen) atoms. The van der Waals surface area contributed by atoms with E-state index in [4.69, 9.17) is 5.11 Å². The number of carbonyl (C=O) groups is 1. The zero-order valence-corrected chi connectivity index (χ0v) is 10.6. The molecule has 0 spiro atoms. The maximum absolute atomic E-state index is 11.1. The maximum atomic E-state index is 11.1. The highest BCUT2D eigenvalue weighted by molar-refractivity contribution is 5.71. The van der Waals surface area contributed by atoms with Gasteiger partial charge in [-0.25, -0.2) is 0 Å². The fraction of sp³-hybridized carbons (Fsp3) is 0.929. The number of rotatable bonds is 3. The molecule has 1 saturated heterocycles. The van der Waals surface area contributed by atoms with Gasteiger partial charge in [-0.1, -0.05) is 13.3 Å². The molecule has 2 bridgehead atoms. The molecule has 0 aromatic rings. The third kappa shape index (κ3) is 2.10. The predicted molar refractivity (Wildman–Crippen MR) is 65.7 cm³/mol. The summed E-state index contributed by atoms with van der Waals surface area (Å²) >= 11 is 0. The molecule has 3 aliphatic rings. The number of fused-ring (bicyclic) bond motifs is 2. The van der Waals surface area contributed by atoms with Crippen molar-refractivity contribution in [3.05, 3.63) is 0 Å². The van der Waals surface area contributed by atoms with Gasteiger partial charge in [0, 0.05) is 19.6 Å². The molecular weight excluding hydrogens is 214 g/mol. The van der Waals surface area contributed by atoms with Gasteiger partial charge in [0.25, 0.3) is 0 Å². The van der Waals surface area contributed by atoms with Crippen LogP contribution < -0.4 is 0 Å². The fourth-order valence-electron chi connectivity index (χ4n) is 4.47. The molecule has 5 atom stereocenters. The number of carboxylic acid groups (broad SMARTS) is 1. The Hall–Kier alpha value is -0.570. The van der Waals surface area contributed by atoms with E-state index in [2.05, 4.69) is 11.8 Å². The summed E-state index contributed by atoms with van der Waals surface area (Å²) in [5, 5.41) is 9.14. The Morgan fingerprint density at radius 2 is 2.12 bits per heavy atom. The van der Waals surface area contributed by atoms with Crippen LogP contribution in [0.3, 0.4) is 0 Å². The van der Waals surface area contributed by atoms with E-state index in [1.165, 1.54) is 25.7 Å². The van der Waals surface area contributed by atoms with Crippen LogP contribution in [0.15, 0.2) is 0 Å². The number of hydrogen-bond acceptors (Lipinski definition) is 2. The third-order valence-corrected chi connectivity index (χ3v) is 5.38. The van der Waals surface area contributed by atoms with Crippen LogP contribution in [0.4, 0.5) is 0 Å². The summed E-state index contributed by atoms with van der Waals surface area (Å²) in [5.74, 6) is 2.42. The molecule has 0 amide bonds. The predicted octanol–water partition coefficient (Wildman–Crippen LogP) is 2.08. The summed E-state index contributed by atoms with van der Waals surface area (Å²) in [5.41, 5.74) is 0. The quantitative estimate of drug-likeness (QED) is 0.817. The van der Waals surface area contributed by atoms with Crippen molar-refractivity contribution in [3.63, 3.8) is 0 Å². The molecule has 2 aliphatic carbocycles. The first kappa shape index (κ1) is 11.5. The van der Waals surface area contributed by atoms with Gasteiger partial charge in [-0.15, -0.1) is 0 Å². The zero-order chi connectivity index (χ0) is 12.0. The van der Waals surface area contributed by atoms with Gasteiger partial charge in [-0.2, -0.15) is 0 Å². The fourth-order valence-corrected chi connectivity index (χ4v) is 4.47. The van der Waals surface area contributed by atoms with Crippen LogP contribution in [-0.4, -0.2) is 35.6 Å². The van der Waals surface area contributed by atoms with Crippen molar-refractivity contribution in [2.45, 2.75) is 32.6 Å². The number of nitrogens with zero attached hydrogens (tertiary/aromatic N) is 1. The van der Waals surface area contributed by atoms with E-state index in [0.29, 0.717) is 5.92 Å². The minimum absolute atomic E-state index is 0.131. The average Bonchev–Trinajstić information content (AvgIpc) is 2.93. The minimum atomic E-state index is -0.604. The molecule has 3 rings (SSSR count).